The molecular weight excluding hydrogens is 222 g/mol. The molecular formula is C15H21N3. The number of benzene rings is 1. The molecule has 0 saturated carbocycles. The van der Waals surface area contributed by atoms with E-state index in [1.165, 1.54) is 11.1 Å². The number of hydrogen-bond donors (Lipinski definition) is 2. The number of hydrogen-bond acceptors (Lipinski definition) is 2. The normalized spacial score (nSPS) is 10.8. The standard InChI is InChI=1S/C15H21N3/c1-11-6-4-7-13(10-11)15-12(2)17-14(18-15)8-5-9-16-3/h4,6-7,10,16H,5,8-9H2,1-3H3,(H,17,18). The van der Waals surface area contributed by atoms with Gasteiger partial charge in [-0.1, -0.05) is 23.8 Å². The van der Waals surface area contributed by atoms with Gasteiger partial charge in [-0.3, -0.25) is 0 Å². The fourth-order valence-corrected chi connectivity index (χ4v) is 2.15. The molecule has 0 atom stereocenters. The van der Waals surface area contributed by atoms with Crippen LogP contribution in [-0.4, -0.2) is 23.6 Å². The average Bonchev–Trinajstić information content (AvgIpc) is 2.71. The third-order valence-corrected chi connectivity index (χ3v) is 3.07. The lowest BCUT2D eigenvalue weighted by molar-refractivity contribution is 0.707. The summed E-state index contributed by atoms with van der Waals surface area (Å²) in [5.41, 5.74) is 4.70. The summed E-state index contributed by atoms with van der Waals surface area (Å²) in [7, 11) is 1.98. The Hall–Kier alpha value is -1.61. The van der Waals surface area contributed by atoms with Gasteiger partial charge in [-0.05, 0) is 39.9 Å². The summed E-state index contributed by atoms with van der Waals surface area (Å²) in [4.78, 5) is 8.09. The molecule has 2 rings (SSSR count). The van der Waals surface area contributed by atoms with Crippen molar-refractivity contribution in [1.82, 2.24) is 15.3 Å². The maximum atomic E-state index is 4.71. The number of nitrogens with one attached hydrogen (secondary N) is 2. The van der Waals surface area contributed by atoms with E-state index in [9.17, 15) is 0 Å². The SMILES string of the molecule is CNCCCc1nc(-c2cccc(C)c2)c(C)[nH]1. The molecule has 0 spiro atoms. The van der Waals surface area contributed by atoms with Gasteiger partial charge in [-0.25, -0.2) is 4.98 Å². The molecule has 0 aliphatic carbocycles. The molecule has 0 aliphatic rings. The Kier molecular flexibility index (Phi) is 4.15. The molecule has 0 radical (unpaired) electrons. The summed E-state index contributed by atoms with van der Waals surface area (Å²) < 4.78 is 0. The number of aryl methyl sites for hydroxylation is 3. The minimum atomic E-state index is 0.994. The molecule has 3 heteroatoms. The second-order valence-electron chi connectivity index (χ2n) is 4.73. The third-order valence-electron chi connectivity index (χ3n) is 3.07. The van der Waals surface area contributed by atoms with Crippen LogP contribution < -0.4 is 5.32 Å². The van der Waals surface area contributed by atoms with Gasteiger partial charge in [0.25, 0.3) is 0 Å². The van der Waals surface area contributed by atoms with Gasteiger partial charge in [-0.2, -0.15) is 0 Å². The van der Waals surface area contributed by atoms with Crippen LogP contribution in [0.4, 0.5) is 0 Å². The van der Waals surface area contributed by atoms with Crippen LogP contribution in [0, 0.1) is 13.8 Å². The molecule has 0 unspecified atom stereocenters. The smallest absolute Gasteiger partial charge is 0.107 e. The van der Waals surface area contributed by atoms with E-state index in [1.54, 1.807) is 0 Å². The summed E-state index contributed by atoms with van der Waals surface area (Å²) in [6.07, 6.45) is 2.10. The predicted octanol–water partition coefficient (Wildman–Crippen LogP) is 2.85. The van der Waals surface area contributed by atoms with E-state index in [-0.39, 0.29) is 0 Å². The third kappa shape index (κ3) is 2.99. The molecule has 0 saturated heterocycles. The Balaban J connectivity index is 2.18. The number of nitrogens with zero attached hydrogens (tertiary/aromatic N) is 1. The van der Waals surface area contributed by atoms with Crippen molar-refractivity contribution < 1.29 is 0 Å². The first-order chi connectivity index (χ1) is 8.70. The van der Waals surface area contributed by atoms with Gasteiger partial charge in [0.1, 0.15) is 5.82 Å². The summed E-state index contributed by atoms with van der Waals surface area (Å²) in [6.45, 7) is 5.23. The van der Waals surface area contributed by atoms with Crippen LogP contribution >= 0.6 is 0 Å². The zero-order valence-electron chi connectivity index (χ0n) is 11.4. The molecule has 0 amide bonds. The van der Waals surface area contributed by atoms with Gasteiger partial charge in [-0.15, -0.1) is 0 Å². The molecule has 1 heterocycles. The van der Waals surface area contributed by atoms with Gasteiger partial charge in [0.05, 0.1) is 5.69 Å². The van der Waals surface area contributed by atoms with Crippen molar-refractivity contribution in [1.29, 1.82) is 0 Å². The highest BCUT2D eigenvalue weighted by Gasteiger charge is 2.08. The lowest BCUT2D eigenvalue weighted by Gasteiger charge is -1.99. The van der Waals surface area contributed by atoms with Crippen molar-refractivity contribution in [3.05, 3.63) is 41.3 Å². The summed E-state index contributed by atoms with van der Waals surface area (Å²) in [6, 6.07) is 8.49. The van der Waals surface area contributed by atoms with Crippen LogP contribution in [-0.2, 0) is 6.42 Å². The molecule has 1 aromatic heterocycles. The Labute approximate surface area is 109 Å². The van der Waals surface area contributed by atoms with Crippen molar-refractivity contribution in [3.63, 3.8) is 0 Å². The second kappa shape index (κ2) is 5.83. The van der Waals surface area contributed by atoms with Crippen LogP contribution in [0.1, 0.15) is 23.5 Å². The fourth-order valence-electron chi connectivity index (χ4n) is 2.15. The number of H-pyrrole nitrogens is 1. The molecule has 2 aromatic rings. The molecule has 0 aliphatic heterocycles. The van der Waals surface area contributed by atoms with Crippen molar-refractivity contribution in [2.24, 2.45) is 0 Å². The van der Waals surface area contributed by atoms with Gasteiger partial charge >= 0.3 is 0 Å². The first-order valence-corrected chi connectivity index (χ1v) is 6.48. The maximum Gasteiger partial charge on any atom is 0.107 e. The molecule has 2 N–H and O–H groups in total. The minimum Gasteiger partial charge on any atom is -0.346 e. The largest absolute Gasteiger partial charge is 0.346 e. The van der Waals surface area contributed by atoms with Crippen LogP contribution in [0.25, 0.3) is 11.3 Å². The summed E-state index contributed by atoms with van der Waals surface area (Å²) in [5.74, 6) is 1.08. The highest BCUT2D eigenvalue weighted by atomic mass is 14.9. The number of rotatable bonds is 5. The van der Waals surface area contributed by atoms with Gasteiger partial charge in [0, 0.05) is 17.7 Å². The van der Waals surface area contributed by atoms with Crippen LogP contribution in [0.15, 0.2) is 24.3 Å². The predicted molar refractivity (Wildman–Crippen MR) is 75.7 cm³/mol. The molecule has 0 fully saturated rings. The van der Waals surface area contributed by atoms with Crippen LogP contribution in [0.3, 0.4) is 0 Å². The van der Waals surface area contributed by atoms with E-state index in [0.29, 0.717) is 0 Å². The van der Waals surface area contributed by atoms with E-state index in [2.05, 4.69) is 48.4 Å². The van der Waals surface area contributed by atoms with E-state index >= 15 is 0 Å². The highest BCUT2D eigenvalue weighted by Crippen LogP contribution is 2.22. The van der Waals surface area contributed by atoms with E-state index < -0.39 is 0 Å². The fraction of sp³-hybridized carbons (Fsp3) is 0.400. The monoisotopic (exact) mass is 243 g/mol. The van der Waals surface area contributed by atoms with E-state index in [1.807, 2.05) is 7.05 Å². The zero-order valence-corrected chi connectivity index (χ0v) is 11.4. The van der Waals surface area contributed by atoms with Gasteiger partial charge in [0.2, 0.25) is 0 Å². The van der Waals surface area contributed by atoms with Crippen molar-refractivity contribution in [2.45, 2.75) is 26.7 Å². The Morgan fingerprint density at radius 2 is 2.11 bits per heavy atom. The molecule has 96 valence electrons. The molecule has 0 bridgehead atoms. The average molecular weight is 243 g/mol. The second-order valence-corrected chi connectivity index (χ2v) is 4.73. The minimum absolute atomic E-state index is 0.994. The first-order valence-electron chi connectivity index (χ1n) is 6.48. The summed E-state index contributed by atoms with van der Waals surface area (Å²) >= 11 is 0. The Morgan fingerprint density at radius 1 is 1.28 bits per heavy atom. The number of imidazole rings is 1. The Bertz CT molecular complexity index is 514. The van der Waals surface area contributed by atoms with Crippen LogP contribution in [0.5, 0.6) is 0 Å². The maximum absolute atomic E-state index is 4.71. The quantitative estimate of drug-likeness (QED) is 0.793. The van der Waals surface area contributed by atoms with Gasteiger partial charge < -0.3 is 10.3 Å². The molecule has 18 heavy (non-hydrogen) atoms. The van der Waals surface area contributed by atoms with Crippen molar-refractivity contribution >= 4 is 0 Å². The van der Waals surface area contributed by atoms with Crippen molar-refractivity contribution in [2.75, 3.05) is 13.6 Å². The lowest BCUT2D eigenvalue weighted by atomic mass is 10.1. The Morgan fingerprint density at radius 3 is 2.83 bits per heavy atom. The molecule has 1 aromatic carbocycles. The van der Waals surface area contributed by atoms with Gasteiger partial charge in [0.15, 0.2) is 0 Å². The number of aromatic amines is 1. The van der Waals surface area contributed by atoms with E-state index in [4.69, 9.17) is 4.98 Å². The van der Waals surface area contributed by atoms with Crippen molar-refractivity contribution in [3.8, 4) is 11.3 Å². The lowest BCUT2D eigenvalue weighted by Crippen LogP contribution is -2.08. The van der Waals surface area contributed by atoms with Crippen LogP contribution in [0.2, 0.25) is 0 Å². The number of aromatic nitrogens is 2. The van der Waals surface area contributed by atoms with E-state index in [0.717, 1.165) is 36.6 Å². The zero-order chi connectivity index (χ0) is 13.0. The first kappa shape index (κ1) is 12.8. The topological polar surface area (TPSA) is 40.7 Å². The molecule has 3 nitrogen and oxygen atoms in total. The highest BCUT2D eigenvalue weighted by molar-refractivity contribution is 5.62. The summed E-state index contributed by atoms with van der Waals surface area (Å²) in [5, 5.41) is 3.16.